The average molecular weight is 470 g/mol. The molecule has 0 saturated heterocycles. The first-order valence-corrected chi connectivity index (χ1v) is 9.60. The van der Waals surface area contributed by atoms with Gasteiger partial charge in [-0.3, -0.25) is 9.39 Å². The Bertz CT molecular complexity index is 677. The van der Waals surface area contributed by atoms with E-state index in [4.69, 9.17) is 0 Å². The molecule has 2 aromatic heterocycles. The van der Waals surface area contributed by atoms with E-state index < -0.39 is 0 Å². The molecular formula is C19H31IN6. The van der Waals surface area contributed by atoms with E-state index in [0.29, 0.717) is 0 Å². The molecule has 1 aliphatic carbocycles. The van der Waals surface area contributed by atoms with Crippen molar-refractivity contribution in [1.29, 1.82) is 0 Å². The largest absolute Gasteiger partial charge is 0.356 e. The van der Waals surface area contributed by atoms with Gasteiger partial charge in [0.05, 0.1) is 0 Å². The summed E-state index contributed by atoms with van der Waals surface area (Å²) in [5.41, 5.74) is 0.891. The number of halogens is 1. The number of aromatic nitrogens is 3. The van der Waals surface area contributed by atoms with Crippen LogP contribution in [-0.4, -0.2) is 40.7 Å². The van der Waals surface area contributed by atoms with E-state index in [1.54, 1.807) is 0 Å². The Morgan fingerprint density at radius 3 is 2.77 bits per heavy atom. The van der Waals surface area contributed by atoms with Gasteiger partial charge in [0, 0.05) is 32.8 Å². The Hall–Kier alpha value is -1.38. The molecule has 1 aliphatic rings. The number of hydrogen-bond acceptors (Lipinski definition) is 3. The third-order valence-electron chi connectivity index (χ3n) is 5.06. The van der Waals surface area contributed by atoms with Crippen LogP contribution in [0, 0.1) is 5.92 Å². The lowest BCUT2D eigenvalue weighted by Crippen LogP contribution is -2.39. The molecule has 0 aliphatic heterocycles. The molecule has 3 rings (SSSR count). The van der Waals surface area contributed by atoms with Crippen LogP contribution in [0.5, 0.6) is 0 Å². The molecule has 0 unspecified atom stereocenters. The molecule has 0 aromatic carbocycles. The standard InChI is InChI=1S/C19H30N6.HI/c1-20-19(21-13-7-10-16-8-3-2-4-9-16)22-14-12-18-24-23-17-11-5-6-15-25(17)18;/h5-6,11,15-16H,2-4,7-10,12-14H2,1H3,(H2,20,21,22);1H. The van der Waals surface area contributed by atoms with Gasteiger partial charge in [-0.2, -0.15) is 0 Å². The number of nitrogens with zero attached hydrogens (tertiary/aromatic N) is 4. The van der Waals surface area contributed by atoms with Gasteiger partial charge < -0.3 is 10.6 Å². The van der Waals surface area contributed by atoms with E-state index in [-0.39, 0.29) is 24.0 Å². The van der Waals surface area contributed by atoms with Crippen LogP contribution >= 0.6 is 24.0 Å². The van der Waals surface area contributed by atoms with E-state index in [9.17, 15) is 0 Å². The Balaban J connectivity index is 0.00000243. The molecule has 2 aromatic rings. The van der Waals surface area contributed by atoms with Crippen LogP contribution in [0.3, 0.4) is 0 Å². The van der Waals surface area contributed by atoms with Crippen molar-refractivity contribution in [3.63, 3.8) is 0 Å². The fourth-order valence-corrected chi connectivity index (χ4v) is 3.65. The number of aliphatic imine (C=N–C) groups is 1. The molecular weight excluding hydrogens is 439 g/mol. The van der Waals surface area contributed by atoms with Gasteiger partial charge in [0.25, 0.3) is 0 Å². The zero-order chi connectivity index (χ0) is 17.3. The third-order valence-corrected chi connectivity index (χ3v) is 5.06. The van der Waals surface area contributed by atoms with Crippen LogP contribution < -0.4 is 10.6 Å². The molecule has 0 bridgehead atoms. The van der Waals surface area contributed by atoms with Crippen molar-refractivity contribution >= 4 is 35.6 Å². The second kappa shape index (κ2) is 11.4. The summed E-state index contributed by atoms with van der Waals surface area (Å²) < 4.78 is 2.03. The number of hydrogen-bond donors (Lipinski definition) is 2. The molecule has 0 radical (unpaired) electrons. The van der Waals surface area contributed by atoms with Crippen LogP contribution in [0.2, 0.25) is 0 Å². The summed E-state index contributed by atoms with van der Waals surface area (Å²) in [4.78, 5) is 4.31. The smallest absolute Gasteiger partial charge is 0.190 e. The number of fused-ring (bicyclic) bond motifs is 1. The van der Waals surface area contributed by atoms with Crippen LogP contribution in [0.15, 0.2) is 29.4 Å². The number of guanidine groups is 1. The summed E-state index contributed by atoms with van der Waals surface area (Å²) in [6, 6.07) is 5.95. The maximum atomic E-state index is 4.31. The first-order chi connectivity index (χ1) is 12.4. The Labute approximate surface area is 173 Å². The number of nitrogens with one attached hydrogen (secondary N) is 2. The molecule has 2 N–H and O–H groups in total. The molecule has 2 heterocycles. The molecule has 7 heteroatoms. The average Bonchev–Trinajstić information content (AvgIpc) is 3.08. The van der Waals surface area contributed by atoms with Crippen molar-refractivity contribution in [3.05, 3.63) is 30.2 Å². The predicted octanol–water partition coefficient (Wildman–Crippen LogP) is 3.42. The lowest BCUT2D eigenvalue weighted by atomic mass is 9.86. The molecule has 1 fully saturated rings. The van der Waals surface area contributed by atoms with Gasteiger partial charge in [0.2, 0.25) is 0 Å². The summed E-state index contributed by atoms with van der Waals surface area (Å²) >= 11 is 0. The lowest BCUT2D eigenvalue weighted by Gasteiger charge is -2.21. The monoisotopic (exact) mass is 470 g/mol. The molecule has 6 nitrogen and oxygen atoms in total. The van der Waals surface area contributed by atoms with Crippen molar-refractivity contribution in [2.45, 2.75) is 51.4 Å². The van der Waals surface area contributed by atoms with E-state index in [1.165, 1.54) is 44.9 Å². The van der Waals surface area contributed by atoms with Crippen molar-refractivity contribution in [2.24, 2.45) is 10.9 Å². The van der Waals surface area contributed by atoms with Gasteiger partial charge in [-0.25, -0.2) is 0 Å². The Kier molecular flexibility index (Phi) is 9.14. The van der Waals surface area contributed by atoms with Gasteiger partial charge in [-0.1, -0.05) is 38.2 Å². The summed E-state index contributed by atoms with van der Waals surface area (Å²) in [6.07, 6.45) is 12.5. The predicted molar refractivity (Wildman–Crippen MR) is 117 cm³/mol. The van der Waals surface area contributed by atoms with Crippen LogP contribution in [0.4, 0.5) is 0 Å². The van der Waals surface area contributed by atoms with E-state index in [2.05, 4.69) is 25.8 Å². The molecule has 0 spiro atoms. The SMILES string of the molecule is CN=C(NCCCC1CCCCC1)NCCc1nnc2ccccn12.I. The highest BCUT2D eigenvalue weighted by Crippen LogP contribution is 2.26. The van der Waals surface area contributed by atoms with Gasteiger partial charge in [-0.15, -0.1) is 34.2 Å². The summed E-state index contributed by atoms with van der Waals surface area (Å²) in [5, 5.41) is 15.2. The van der Waals surface area contributed by atoms with E-state index in [1.807, 2.05) is 35.8 Å². The van der Waals surface area contributed by atoms with Crippen LogP contribution in [-0.2, 0) is 6.42 Å². The fraction of sp³-hybridized carbons (Fsp3) is 0.632. The second-order valence-corrected chi connectivity index (χ2v) is 6.87. The summed E-state index contributed by atoms with van der Waals surface area (Å²) in [6.45, 7) is 1.78. The van der Waals surface area contributed by atoms with Crippen molar-refractivity contribution in [1.82, 2.24) is 25.2 Å². The second-order valence-electron chi connectivity index (χ2n) is 6.87. The first kappa shape index (κ1) is 20.9. The third kappa shape index (κ3) is 6.10. The molecule has 0 amide bonds. The maximum absolute atomic E-state index is 4.31. The summed E-state index contributed by atoms with van der Waals surface area (Å²) in [5.74, 6) is 2.79. The molecule has 0 atom stereocenters. The minimum absolute atomic E-state index is 0. The first-order valence-electron chi connectivity index (χ1n) is 9.60. The van der Waals surface area contributed by atoms with Crippen molar-refractivity contribution < 1.29 is 0 Å². The Morgan fingerprint density at radius 2 is 1.96 bits per heavy atom. The molecule has 26 heavy (non-hydrogen) atoms. The highest BCUT2D eigenvalue weighted by Gasteiger charge is 2.12. The van der Waals surface area contributed by atoms with Gasteiger partial charge >= 0.3 is 0 Å². The highest BCUT2D eigenvalue weighted by atomic mass is 127. The number of rotatable bonds is 7. The van der Waals surface area contributed by atoms with Crippen molar-refractivity contribution in [2.75, 3.05) is 20.1 Å². The van der Waals surface area contributed by atoms with Crippen molar-refractivity contribution in [3.8, 4) is 0 Å². The highest BCUT2D eigenvalue weighted by molar-refractivity contribution is 14.0. The summed E-state index contributed by atoms with van der Waals surface area (Å²) in [7, 11) is 1.82. The van der Waals surface area contributed by atoms with Crippen LogP contribution in [0.1, 0.15) is 50.8 Å². The van der Waals surface area contributed by atoms with Gasteiger partial charge in [0.15, 0.2) is 11.6 Å². The minimum atomic E-state index is 0. The fourth-order valence-electron chi connectivity index (χ4n) is 3.65. The quantitative estimate of drug-likeness (QED) is 0.282. The van der Waals surface area contributed by atoms with Gasteiger partial charge in [-0.05, 0) is 30.9 Å². The molecule has 144 valence electrons. The zero-order valence-electron chi connectivity index (χ0n) is 15.7. The topological polar surface area (TPSA) is 66.6 Å². The molecule has 1 saturated carbocycles. The Morgan fingerprint density at radius 1 is 1.15 bits per heavy atom. The van der Waals surface area contributed by atoms with E-state index in [0.717, 1.165) is 42.9 Å². The normalized spacial score (nSPS) is 15.7. The van der Waals surface area contributed by atoms with Gasteiger partial charge in [0.1, 0.15) is 5.82 Å². The van der Waals surface area contributed by atoms with E-state index >= 15 is 0 Å². The zero-order valence-corrected chi connectivity index (χ0v) is 18.0. The lowest BCUT2D eigenvalue weighted by molar-refractivity contribution is 0.332. The maximum Gasteiger partial charge on any atom is 0.190 e. The minimum Gasteiger partial charge on any atom is -0.356 e. The number of pyridine rings is 1. The van der Waals surface area contributed by atoms with Crippen LogP contribution in [0.25, 0.3) is 5.65 Å².